The summed E-state index contributed by atoms with van der Waals surface area (Å²) >= 11 is 0. The summed E-state index contributed by atoms with van der Waals surface area (Å²) in [6.45, 7) is 4.79. The summed E-state index contributed by atoms with van der Waals surface area (Å²) in [6.07, 6.45) is -0.509. The van der Waals surface area contributed by atoms with E-state index in [9.17, 15) is 28.1 Å². The number of Topliss-reactive ketones (excluding diaryl/α,β-unsaturated/α-hetero) is 1. The Kier molecular flexibility index (Phi) is 5.80. The van der Waals surface area contributed by atoms with E-state index in [1.54, 1.807) is 20.8 Å². The zero-order chi connectivity index (χ0) is 18.7. The van der Waals surface area contributed by atoms with Crippen LogP contribution < -0.4 is 4.72 Å². The number of hydrogen-bond acceptors (Lipinski definition) is 6. The number of carboxylic acids is 1. The summed E-state index contributed by atoms with van der Waals surface area (Å²) in [5.41, 5.74) is -1.11. The number of carboxylic acid groups (broad SMARTS) is 1. The molecule has 0 saturated carbocycles. The van der Waals surface area contributed by atoms with E-state index in [-0.39, 0.29) is 10.6 Å². The predicted octanol–water partition coefficient (Wildman–Crippen LogP) is 1.33. The van der Waals surface area contributed by atoms with Gasteiger partial charge in [-0.25, -0.2) is 8.42 Å². The third-order valence-electron chi connectivity index (χ3n) is 3.18. The van der Waals surface area contributed by atoms with Gasteiger partial charge in [-0.1, -0.05) is 20.8 Å². The maximum atomic E-state index is 12.2. The van der Waals surface area contributed by atoms with Crippen molar-refractivity contribution >= 4 is 27.5 Å². The molecule has 0 amide bonds. The van der Waals surface area contributed by atoms with Crippen LogP contribution in [0.25, 0.3) is 0 Å². The lowest BCUT2D eigenvalue weighted by Gasteiger charge is -2.20. The monoisotopic (exact) mass is 358 g/mol. The molecule has 0 aliphatic carbocycles. The molecular formula is C14H18N2O7S. The van der Waals surface area contributed by atoms with Gasteiger partial charge >= 0.3 is 5.97 Å². The second-order valence-electron chi connectivity index (χ2n) is 6.14. The van der Waals surface area contributed by atoms with Crippen LogP contribution in [0.3, 0.4) is 0 Å². The Labute approximate surface area is 138 Å². The zero-order valence-electron chi connectivity index (χ0n) is 13.3. The van der Waals surface area contributed by atoms with Crippen molar-refractivity contribution in [2.24, 2.45) is 5.41 Å². The van der Waals surface area contributed by atoms with Crippen molar-refractivity contribution in [3.05, 3.63) is 34.4 Å². The van der Waals surface area contributed by atoms with Crippen LogP contribution in [0.4, 0.5) is 5.69 Å². The quantitative estimate of drug-likeness (QED) is 0.552. The molecule has 1 aromatic carbocycles. The smallest absolute Gasteiger partial charge is 0.322 e. The van der Waals surface area contributed by atoms with Gasteiger partial charge in [0.25, 0.3) is 5.69 Å². The van der Waals surface area contributed by atoms with Gasteiger partial charge in [0, 0.05) is 24.0 Å². The second-order valence-corrected chi connectivity index (χ2v) is 7.85. The summed E-state index contributed by atoms with van der Waals surface area (Å²) in [6, 6.07) is 2.34. The SMILES string of the molecule is CC(C)(C)C(=O)CC(NS(=O)(=O)c1ccc([N+](=O)[O-])cc1)C(=O)O. The zero-order valence-corrected chi connectivity index (χ0v) is 14.2. The van der Waals surface area contributed by atoms with Crippen LogP contribution in [0.5, 0.6) is 0 Å². The van der Waals surface area contributed by atoms with Crippen LogP contribution in [0, 0.1) is 15.5 Å². The molecule has 10 heteroatoms. The molecule has 1 unspecified atom stereocenters. The number of sulfonamides is 1. The highest BCUT2D eigenvalue weighted by Crippen LogP contribution is 2.20. The van der Waals surface area contributed by atoms with Crippen LogP contribution in [-0.4, -0.2) is 36.2 Å². The minimum atomic E-state index is -4.24. The van der Waals surface area contributed by atoms with Crippen molar-refractivity contribution in [1.29, 1.82) is 0 Å². The summed E-state index contributed by atoms with van der Waals surface area (Å²) < 4.78 is 26.4. The number of aliphatic carboxylic acids is 1. The van der Waals surface area contributed by atoms with E-state index < -0.39 is 44.6 Å². The van der Waals surface area contributed by atoms with Crippen molar-refractivity contribution in [2.75, 3.05) is 0 Å². The molecule has 24 heavy (non-hydrogen) atoms. The molecule has 9 nitrogen and oxygen atoms in total. The van der Waals surface area contributed by atoms with Crippen LogP contribution in [0.1, 0.15) is 27.2 Å². The first-order valence-corrected chi connectivity index (χ1v) is 8.36. The minimum absolute atomic E-state index is 0.299. The lowest BCUT2D eigenvalue weighted by molar-refractivity contribution is -0.384. The number of carbonyl (C=O) groups is 2. The third-order valence-corrected chi connectivity index (χ3v) is 4.67. The maximum absolute atomic E-state index is 12.2. The highest BCUT2D eigenvalue weighted by atomic mass is 32.2. The van der Waals surface area contributed by atoms with Gasteiger partial charge < -0.3 is 5.11 Å². The number of ketones is 1. The first kappa shape index (κ1) is 19.7. The van der Waals surface area contributed by atoms with Gasteiger partial charge in [-0.15, -0.1) is 0 Å². The van der Waals surface area contributed by atoms with Crippen LogP contribution in [-0.2, 0) is 19.6 Å². The number of nitrogens with one attached hydrogen (secondary N) is 1. The van der Waals surface area contributed by atoms with Gasteiger partial charge in [0.2, 0.25) is 10.0 Å². The Morgan fingerprint density at radius 2 is 1.75 bits per heavy atom. The van der Waals surface area contributed by atoms with Crippen molar-refractivity contribution in [1.82, 2.24) is 4.72 Å². The van der Waals surface area contributed by atoms with Crippen molar-refractivity contribution in [3.63, 3.8) is 0 Å². The van der Waals surface area contributed by atoms with E-state index in [4.69, 9.17) is 5.11 Å². The fourth-order valence-electron chi connectivity index (χ4n) is 1.67. The topological polar surface area (TPSA) is 144 Å². The van der Waals surface area contributed by atoms with E-state index in [0.29, 0.717) is 0 Å². The molecule has 0 aliphatic heterocycles. The normalized spacial score (nSPS) is 13.3. The third kappa shape index (κ3) is 5.10. The first-order chi connectivity index (χ1) is 10.8. The van der Waals surface area contributed by atoms with Gasteiger partial charge in [0.1, 0.15) is 11.8 Å². The van der Waals surface area contributed by atoms with Gasteiger partial charge in [0.05, 0.1) is 9.82 Å². The van der Waals surface area contributed by atoms with E-state index in [0.717, 1.165) is 24.3 Å². The number of non-ortho nitro benzene ring substituents is 1. The summed E-state index contributed by atoms with van der Waals surface area (Å²) in [5.74, 6) is -1.90. The van der Waals surface area contributed by atoms with E-state index in [1.165, 1.54) is 0 Å². The fourth-order valence-corrected chi connectivity index (χ4v) is 2.86. The first-order valence-electron chi connectivity index (χ1n) is 6.87. The van der Waals surface area contributed by atoms with Gasteiger partial charge in [0.15, 0.2) is 0 Å². The molecule has 1 aromatic rings. The van der Waals surface area contributed by atoms with E-state index >= 15 is 0 Å². The number of carbonyl (C=O) groups excluding carboxylic acids is 1. The van der Waals surface area contributed by atoms with Crippen molar-refractivity contribution in [3.8, 4) is 0 Å². The second kappa shape index (κ2) is 7.05. The molecular weight excluding hydrogens is 340 g/mol. The average Bonchev–Trinajstić information content (AvgIpc) is 2.45. The lowest BCUT2D eigenvalue weighted by Crippen LogP contribution is -2.43. The standard InChI is InChI=1S/C14H18N2O7S/c1-14(2,3)12(17)8-11(13(18)19)15-24(22,23)10-6-4-9(5-7-10)16(20)21/h4-7,11,15H,8H2,1-3H3,(H,18,19). The molecule has 0 radical (unpaired) electrons. The number of nitro benzene ring substituents is 1. The number of rotatable bonds is 7. The predicted molar refractivity (Wildman–Crippen MR) is 83.9 cm³/mol. The molecule has 0 bridgehead atoms. The molecule has 0 saturated heterocycles. The van der Waals surface area contributed by atoms with Crippen LogP contribution >= 0.6 is 0 Å². The Hall–Kier alpha value is -2.33. The summed E-state index contributed by atoms with van der Waals surface area (Å²) in [7, 11) is -4.24. The molecule has 0 aliphatic rings. The molecule has 0 fully saturated rings. The van der Waals surface area contributed by atoms with Crippen LogP contribution in [0.2, 0.25) is 0 Å². The van der Waals surface area contributed by atoms with Gasteiger partial charge in [-0.05, 0) is 12.1 Å². The Morgan fingerprint density at radius 3 is 2.12 bits per heavy atom. The highest BCUT2D eigenvalue weighted by molar-refractivity contribution is 7.89. The maximum Gasteiger partial charge on any atom is 0.322 e. The molecule has 0 aromatic heterocycles. The minimum Gasteiger partial charge on any atom is -0.480 e. The van der Waals surface area contributed by atoms with Gasteiger partial charge in [-0.3, -0.25) is 19.7 Å². The van der Waals surface area contributed by atoms with Crippen molar-refractivity contribution in [2.45, 2.75) is 38.1 Å². The highest BCUT2D eigenvalue weighted by Gasteiger charge is 2.31. The number of benzene rings is 1. The van der Waals surface area contributed by atoms with E-state index in [1.807, 2.05) is 4.72 Å². The Morgan fingerprint density at radius 1 is 1.25 bits per heavy atom. The molecule has 0 spiro atoms. The lowest BCUT2D eigenvalue weighted by atomic mass is 9.87. The number of nitro groups is 1. The number of hydrogen-bond donors (Lipinski definition) is 2. The average molecular weight is 358 g/mol. The molecule has 132 valence electrons. The summed E-state index contributed by atoms with van der Waals surface area (Å²) in [4.78, 5) is 32.7. The molecule has 2 N–H and O–H groups in total. The van der Waals surface area contributed by atoms with Crippen LogP contribution in [0.15, 0.2) is 29.2 Å². The molecule has 1 atom stereocenters. The molecule has 1 rings (SSSR count). The van der Waals surface area contributed by atoms with E-state index in [2.05, 4.69) is 0 Å². The summed E-state index contributed by atoms with van der Waals surface area (Å²) in [5, 5.41) is 19.7. The molecule has 0 heterocycles. The van der Waals surface area contributed by atoms with Crippen molar-refractivity contribution < 1.29 is 28.0 Å². The van der Waals surface area contributed by atoms with Gasteiger partial charge in [-0.2, -0.15) is 4.72 Å². The Balaban J connectivity index is 3.02. The fraction of sp³-hybridized carbons (Fsp3) is 0.429. The Bertz CT molecular complexity index is 748. The number of nitrogens with zero attached hydrogens (tertiary/aromatic N) is 1. The largest absolute Gasteiger partial charge is 0.480 e.